The molecule has 0 saturated heterocycles. The molecule has 0 aliphatic rings. The lowest BCUT2D eigenvalue weighted by Gasteiger charge is -2.10. The van der Waals surface area contributed by atoms with Gasteiger partial charge in [0.25, 0.3) is 0 Å². The number of unbranched alkanes of at least 4 members (excludes halogenated alkanes) is 8. The highest BCUT2D eigenvalue weighted by Gasteiger charge is 2.22. The Hall–Kier alpha value is -2.69. The Balaban J connectivity index is 0.00000146. The maximum atomic E-state index is 11.3. The van der Waals surface area contributed by atoms with Gasteiger partial charge in [0.15, 0.2) is 0 Å². The maximum Gasteiger partial charge on any atom is 0.466 e. The molecule has 2 rings (SSSR count). The Labute approximate surface area is 236 Å². The summed E-state index contributed by atoms with van der Waals surface area (Å²) < 4.78 is 14.6. The highest BCUT2D eigenvalue weighted by molar-refractivity contribution is 7.45. The molecule has 12 heteroatoms. The second-order valence-corrected chi connectivity index (χ2v) is 10.7. The molecule has 0 aliphatic carbocycles. The minimum absolute atomic E-state index is 0.169. The second-order valence-electron chi connectivity index (χ2n) is 9.66. The zero-order valence-electron chi connectivity index (χ0n) is 23.0. The molecule has 11 nitrogen and oxygen atoms in total. The largest absolute Gasteiger partial charge is 0.466 e. The van der Waals surface area contributed by atoms with Crippen molar-refractivity contribution in [2.75, 3.05) is 13.2 Å². The van der Waals surface area contributed by atoms with Gasteiger partial charge < -0.3 is 19.4 Å². The summed E-state index contributed by atoms with van der Waals surface area (Å²) in [5.74, 6) is 0. The van der Waals surface area contributed by atoms with Gasteiger partial charge in [-0.2, -0.15) is 0 Å². The van der Waals surface area contributed by atoms with Crippen LogP contribution >= 0.6 is 7.82 Å². The van der Waals surface area contributed by atoms with Crippen LogP contribution in [0.2, 0.25) is 0 Å². The quantitative estimate of drug-likeness (QED) is 0.0657. The molecule has 0 spiro atoms. The van der Waals surface area contributed by atoms with E-state index in [1.807, 2.05) is 60.7 Å². The second kappa shape index (κ2) is 21.1. The molecule has 2 aromatic rings. The number of ether oxygens (including phenoxy) is 1. The van der Waals surface area contributed by atoms with E-state index in [2.05, 4.69) is 0 Å². The third-order valence-electron chi connectivity index (χ3n) is 6.41. The number of nitrogens with zero attached hydrogens (tertiary/aromatic N) is 2. The van der Waals surface area contributed by atoms with Crippen molar-refractivity contribution < 1.29 is 33.8 Å². The highest BCUT2D eigenvalue weighted by Crippen LogP contribution is 2.26. The standard InChI is InChI=1S/C28H40N2O5.H3O4P/c31-29(32)27(25-17-9-7-10-18-25)21-13-3-1-5-15-23-35-24-16-6-2-4-14-22-28(30(33)34)26-19-11-8-12-20-26;1-5(2,3)4/h7-12,17-20,27-28H,1-6,13-16,21-24H2;(H3,1,2,3,4). The molecule has 224 valence electrons. The minimum Gasteiger partial charge on any atom is -0.381 e. The summed E-state index contributed by atoms with van der Waals surface area (Å²) in [4.78, 5) is 43.9. The normalized spacial score (nSPS) is 12.7. The molecule has 2 atom stereocenters. The van der Waals surface area contributed by atoms with E-state index in [0.29, 0.717) is 12.8 Å². The summed E-state index contributed by atoms with van der Waals surface area (Å²) in [5, 5.41) is 22.7. The molecule has 0 aliphatic heterocycles. The molecule has 0 amide bonds. The van der Waals surface area contributed by atoms with Crippen molar-refractivity contribution in [1.82, 2.24) is 0 Å². The molecule has 0 radical (unpaired) electrons. The van der Waals surface area contributed by atoms with E-state index >= 15 is 0 Å². The average molecular weight is 583 g/mol. The van der Waals surface area contributed by atoms with Crippen LogP contribution in [0.1, 0.15) is 100 Å². The third-order valence-corrected chi connectivity index (χ3v) is 6.41. The van der Waals surface area contributed by atoms with E-state index in [0.717, 1.165) is 88.5 Å². The summed E-state index contributed by atoms with van der Waals surface area (Å²) in [5.41, 5.74) is 1.58. The number of hydrogen-bond donors (Lipinski definition) is 3. The van der Waals surface area contributed by atoms with Crippen LogP contribution in [0.3, 0.4) is 0 Å². The summed E-state index contributed by atoms with van der Waals surface area (Å²) in [6.07, 6.45) is 11.3. The molecule has 0 aromatic heterocycles. The Morgan fingerprint density at radius 1 is 0.600 bits per heavy atom. The van der Waals surface area contributed by atoms with Gasteiger partial charge in [0.1, 0.15) is 0 Å². The van der Waals surface area contributed by atoms with Crippen LogP contribution in [-0.4, -0.2) is 37.7 Å². The zero-order valence-corrected chi connectivity index (χ0v) is 23.9. The van der Waals surface area contributed by atoms with Crippen molar-refractivity contribution in [3.05, 3.63) is 92.0 Å². The van der Waals surface area contributed by atoms with E-state index in [4.69, 9.17) is 24.0 Å². The number of nitro groups is 2. The molecule has 40 heavy (non-hydrogen) atoms. The van der Waals surface area contributed by atoms with Gasteiger partial charge in [0, 0.05) is 47.0 Å². The van der Waals surface area contributed by atoms with Gasteiger partial charge >= 0.3 is 7.82 Å². The smallest absolute Gasteiger partial charge is 0.381 e. The number of hydrogen-bond acceptors (Lipinski definition) is 6. The summed E-state index contributed by atoms with van der Waals surface area (Å²) in [6.45, 7) is 1.53. The van der Waals surface area contributed by atoms with Gasteiger partial charge in [0.2, 0.25) is 12.1 Å². The van der Waals surface area contributed by atoms with E-state index in [9.17, 15) is 20.2 Å². The predicted octanol–water partition coefficient (Wildman–Crippen LogP) is 6.79. The van der Waals surface area contributed by atoms with Crippen LogP contribution < -0.4 is 0 Å². The fourth-order valence-corrected chi connectivity index (χ4v) is 4.38. The first-order chi connectivity index (χ1) is 19.1. The maximum absolute atomic E-state index is 11.3. The van der Waals surface area contributed by atoms with Crippen molar-refractivity contribution in [3.8, 4) is 0 Å². The van der Waals surface area contributed by atoms with Crippen molar-refractivity contribution in [2.24, 2.45) is 0 Å². The average Bonchev–Trinajstić information content (AvgIpc) is 2.90. The molecule has 2 unspecified atom stereocenters. The van der Waals surface area contributed by atoms with Crippen LogP contribution in [0.4, 0.5) is 0 Å². The molecule has 0 saturated carbocycles. The van der Waals surface area contributed by atoms with Gasteiger partial charge in [-0.3, -0.25) is 20.2 Å². The number of phosphoric acid groups is 1. The Kier molecular flexibility index (Phi) is 18.6. The van der Waals surface area contributed by atoms with E-state index in [-0.39, 0.29) is 9.85 Å². The van der Waals surface area contributed by atoms with Gasteiger partial charge in [-0.1, -0.05) is 99.2 Å². The molecule has 3 N–H and O–H groups in total. The first kappa shape index (κ1) is 35.3. The Morgan fingerprint density at radius 3 is 1.23 bits per heavy atom. The molecule has 0 bridgehead atoms. The molecular formula is C28H43N2O9P. The predicted molar refractivity (Wildman–Crippen MR) is 153 cm³/mol. The van der Waals surface area contributed by atoms with Crippen LogP contribution in [0, 0.1) is 20.2 Å². The minimum atomic E-state index is -4.64. The number of rotatable bonds is 20. The van der Waals surface area contributed by atoms with Crippen molar-refractivity contribution in [3.63, 3.8) is 0 Å². The van der Waals surface area contributed by atoms with Crippen LogP contribution in [0.25, 0.3) is 0 Å². The van der Waals surface area contributed by atoms with Gasteiger partial charge in [0.05, 0.1) is 0 Å². The van der Waals surface area contributed by atoms with Crippen molar-refractivity contribution in [2.45, 2.75) is 89.1 Å². The fourth-order valence-electron chi connectivity index (χ4n) is 4.38. The topological polar surface area (TPSA) is 173 Å². The van der Waals surface area contributed by atoms with Gasteiger partial charge in [-0.15, -0.1) is 0 Å². The SMILES string of the molecule is O=P(O)(O)O.O=[N+]([O-])C(CCCCCCCOCCCCCCCC(c1ccccc1)[N+](=O)[O-])c1ccccc1. The summed E-state index contributed by atoms with van der Waals surface area (Å²) >= 11 is 0. The van der Waals surface area contributed by atoms with Crippen LogP contribution in [0.5, 0.6) is 0 Å². The Bertz CT molecular complexity index is 912. The first-order valence-electron chi connectivity index (χ1n) is 13.8. The van der Waals surface area contributed by atoms with Crippen molar-refractivity contribution >= 4 is 7.82 Å². The zero-order chi connectivity index (χ0) is 29.6. The van der Waals surface area contributed by atoms with E-state index < -0.39 is 19.9 Å². The molecule has 0 heterocycles. The fraction of sp³-hybridized carbons (Fsp3) is 0.571. The lowest BCUT2D eigenvalue weighted by Crippen LogP contribution is -2.10. The lowest BCUT2D eigenvalue weighted by molar-refractivity contribution is -0.530. The van der Waals surface area contributed by atoms with Crippen LogP contribution in [-0.2, 0) is 9.30 Å². The third kappa shape index (κ3) is 18.6. The highest BCUT2D eigenvalue weighted by atomic mass is 31.2. The number of benzene rings is 2. The lowest BCUT2D eigenvalue weighted by atomic mass is 10.0. The monoisotopic (exact) mass is 582 g/mol. The van der Waals surface area contributed by atoms with Gasteiger partial charge in [-0.05, 0) is 25.7 Å². The molecular weight excluding hydrogens is 539 g/mol. The molecule has 2 aromatic carbocycles. The van der Waals surface area contributed by atoms with Crippen LogP contribution in [0.15, 0.2) is 60.7 Å². The summed E-state index contributed by atoms with van der Waals surface area (Å²) in [6, 6.07) is 17.3. The molecule has 0 fully saturated rings. The first-order valence-corrected chi connectivity index (χ1v) is 15.4. The summed E-state index contributed by atoms with van der Waals surface area (Å²) in [7, 11) is -4.64. The van der Waals surface area contributed by atoms with E-state index in [1.54, 1.807) is 0 Å². The van der Waals surface area contributed by atoms with Gasteiger partial charge in [-0.25, -0.2) is 4.57 Å². The Morgan fingerprint density at radius 2 is 0.900 bits per heavy atom. The van der Waals surface area contributed by atoms with Crippen molar-refractivity contribution in [1.29, 1.82) is 0 Å². The van der Waals surface area contributed by atoms with E-state index in [1.165, 1.54) is 0 Å².